The molecule has 98 valence electrons. The monoisotopic (exact) mass is 258 g/mol. The fraction of sp³-hybridized carbons (Fsp3) is 0.833. The Bertz CT molecular complexity index is 314. The van der Waals surface area contributed by atoms with Crippen LogP contribution in [-0.2, 0) is 9.53 Å². The number of ether oxygens (including phenoxy) is 1. The molecule has 0 bridgehead atoms. The van der Waals surface area contributed by atoms with Crippen molar-refractivity contribution in [2.24, 2.45) is 10.9 Å². The van der Waals surface area contributed by atoms with Crippen LogP contribution in [0.1, 0.15) is 34.1 Å². The molecule has 1 aliphatic heterocycles. The van der Waals surface area contributed by atoms with E-state index in [0.29, 0.717) is 5.92 Å². The second kappa shape index (κ2) is 5.76. The van der Waals surface area contributed by atoms with Crippen LogP contribution in [0.2, 0.25) is 0 Å². The summed E-state index contributed by atoms with van der Waals surface area (Å²) in [4.78, 5) is 16.1. The number of nitrogens with one attached hydrogen (secondary N) is 1. The van der Waals surface area contributed by atoms with Gasteiger partial charge in [-0.05, 0) is 26.2 Å². The van der Waals surface area contributed by atoms with Crippen LogP contribution < -0.4 is 5.32 Å². The molecule has 1 saturated heterocycles. The van der Waals surface area contributed by atoms with Crippen molar-refractivity contribution in [2.75, 3.05) is 12.9 Å². The number of hydrogen-bond acceptors (Lipinski definition) is 4. The summed E-state index contributed by atoms with van der Waals surface area (Å²) in [6.45, 7) is 8.40. The SMILES string of the molecule is COC(=O)C(CC(C)C)N=C1NC(C)(C)CS1. The largest absolute Gasteiger partial charge is 0.467 e. The molecule has 0 spiro atoms. The highest BCUT2D eigenvalue weighted by molar-refractivity contribution is 8.14. The van der Waals surface area contributed by atoms with E-state index in [9.17, 15) is 4.79 Å². The van der Waals surface area contributed by atoms with E-state index in [2.05, 4.69) is 38.0 Å². The lowest BCUT2D eigenvalue weighted by molar-refractivity contribution is -0.142. The van der Waals surface area contributed by atoms with Gasteiger partial charge in [-0.2, -0.15) is 0 Å². The first-order valence-corrected chi connectivity index (χ1v) is 6.89. The molecule has 0 saturated carbocycles. The van der Waals surface area contributed by atoms with Gasteiger partial charge in [-0.15, -0.1) is 0 Å². The van der Waals surface area contributed by atoms with Gasteiger partial charge in [0.1, 0.15) is 0 Å². The smallest absolute Gasteiger partial charge is 0.330 e. The molecule has 5 heteroatoms. The Morgan fingerprint density at radius 3 is 2.65 bits per heavy atom. The second-order valence-electron chi connectivity index (χ2n) is 5.40. The Hall–Kier alpha value is -0.710. The van der Waals surface area contributed by atoms with Crippen LogP contribution in [0.3, 0.4) is 0 Å². The number of rotatable bonds is 4. The summed E-state index contributed by atoms with van der Waals surface area (Å²) in [6, 6.07) is -0.385. The van der Waals surface area contributed by atoms with Gasteiger partial charge in [0.2, 0.25) is 0 Å². The van der Waals surface area contributed by atoms with Gasteiger partial charge in [0, 0.05) is 11.3 Å². The van der Waals surface area contributed by atoms with Crippen molar-refractivity contribution in [3.63, 3.8) is 0 Å². The van der Waals surface area contributed by atoms with Gasteiger partial charge in [-0.25, -0.2) is 9.79 Å². The van der Waals surface area contributed by atoms with Crippen molar-refractivity contribution in [1.82, 2.24) is 5.32 Å². The predicted octanol–water partition coefficient (Wildman–Crippen LogP) is 2.05. The zero-order valence-electron chi connectivity index (χ0n) is 11.2. The summed E-state index contributed by atoms with van der Waals surface area (Å²) < 4.78 is 4.79. The quantitative estimate of drug-likeness (QED) is 0.784. The summed E-state index contributed by atoms with van der Waals surface area (Å²) in [5.41, 5.74) is 0.0575. The number of methoxy groups -OCH3 is 1. The molecule has 0 aromatic heterocycles. The zero-order valence-corrected chi connectivity index (χ0v) is 12.1. The third kappa shape index (κ3) is 4.58. The van der Waals surface area contributed by atoms with E-state index in [1.165, 1.54) is 7.11 Å². The van der Waals surface area contributed by atoms with Crippen LogP contribution in [0, 0.1) is 5.92 Å². The van der Waals surface area contributed by atoms with Gasteiger partial charge < -0.3 is 10.1 Å². The maximum Gasteiger partial charge on any atom is 0.330 e. The van der Waals surface area contributed by atoms with Crippen molar-refractivity contribution in [3.05, 3.63) is 0 Å². The molecular formula is C12H22N2O2S. The highest BCUT2D eigenvalue weighted by Gasteiger charge is 2.29. The van der Waals surface area contributed by atoms with E-state index >= 15 is 0 Å². The number of thioether (sulfide) groups is 1. The van der Waals surface area contributed by atoms with Crippen LogP contribution in [-0.4, -0.2) is 35.6 Å². The van der Waals surface area contributed by atoms with Crippen molar-refractivity contribution in [1.29, 1.82) is 0 Å². The van der Waals surface area contributed by atoms with E-state index in [4.69, 9.17) is 4.74 Å². The predicted molar refractivity (Wildman–Crippen MR) is 72.4 cm³/mol. The minimum atomic E-state index is -0.385. The average Bonchev–Trinajstić information content (AvgIpc) is 2.55. The number of amidine groups is 1. The number of hydrogen-bond donors (Lipinski definition) is 1. The first kappa shape index (κ1) is 14.4. The van der Waals surface area contributed by atoms with Gasteiger partial charge in [0.25, 0.3) is 0 Å². The van der Waals surface area contributed by atoms with Crippen molar-refractivity contribution < 1.29 is 9.53 Å². The number of carbonyl (C=O) groups excluding carboxylic acids is 1. The molecule has 1 unspecified atom stereocenters. The minimum Gasteiger partial charge on any atom is -0.467 e. The third-order valence-electron chi connectivity index (χ3n) is 2.46. The Balaban J connectivity index is 2.72. The first-order chi connectivity index (χ1) is 7.84. The molecule has 0 radical (unpaired) electrons. The average molecular weight is 258 g/mol. The summed E-state index contributed by atoms with van der Waals surface area (Å²) in [6.07, 6.45) is 0.721. The Labute approximate surface area is 108 Å². The summed E-state index contributed by atoms with van der Waals surface area (Å²) in [7, 11) is 1.41. The van der Waals surface area contributed by atoms with Crippen LogP contribution in [0.4, 0.5) is 0 Å². The highest BCUT2D eigenvalue weighted by Crippen LogP contribution is 2.23. The maximum absolute atomic E-state index is 11.6. The molecule has 1 fully saturated rings. The normalized spacial score (nSPS) is 22.6. The number of nitrogens with zero attached hydrogens (tertiary/aromatic N) is 1. The van der Waals surface area contributed by atoms with E-state index < -0.39 is 0 Å². The third-order valence-corrected chi connectivity index (χ3v) is 3.80. The van der Waals surface area contributed by atoms with E-state index in [0.717, 1.165) is 17.3 Å². The maximum atomic E-state index is 11.6. The molecule has 1 N–H and O–H groups in total. The van der Waals surface area contributed by atoms with Gasteiger partial charge in [-0.3, -0.25) is 0 Å². The van der Waals surface area contributed by atoms with E-state index in [-0.39, 0.29) is 17.6 Å². The highest BCUT2D eigenvalue weighted by atomic mass is 32.2. The lowest BCUT2D eigenvalue weighted by Crippen LogP contribution is -2.37. The van der Waals surface area contributed by atoms with Crippen LogP contribution in [0.25, 0.3) is 0 Å². The van der Waals surface area contributed by atoms with Gasteiger partial charge in [0.05, 0.1) is 7.11 Å². The Morgan fingerprint density at radius 1 is 1.59 bits per heavy atom. The van der Waals surface area contributed by atoms with Crippen LogP contribution >= 0.6 is 11.8 Å². The van der Waals surface area contributed by atoms with Gasteiger partial charge >= 0.3 is 5.97 Å². The standard InChI is InChI=1S/C12H22N2O2S/c1-8(2)6-9(10(15)16-5)13-11-14-12(3,4)7-17-11/h8-9H,6-7H2,1-5H3,(H,13,14). The van der Waals surface area contributed by atoms with Crippen LogP contribution in [0.5, 0.6) is 0 Å². The fourth-order valence-corrected chi connectivity index (χ4v) is 2.73. The minimum absolute atomic E-state index is 0.0575. The molecule has 0 aromatic carbocycles. The Morgan fingerprint density at radius 2 is 2.24 bits per heavy atom. The molecular weight excluding hydrogens is 236 g/mol. The molecule has 0 aliphatic carbocycles. The molecule has 1 atom stereocenters. The van der Waals surface area contributed by atoms with Gasteiger partial charge in [-0.1, -0.05) is 25.6 Å². The molecule has 0 aromatic rings. The van der Waals surface area contributed by atoms with E-state index in [1.54, 1.807) is 11.8 Å². The van der Waals surface area contributed by atoms with Crippen molar-refractivity contribution >= 4 is 22.9 Å². The molecule has 17 heavy (non-hydrogen) atoms. The second-order valence-corrected chi connectivity index (χ2v) is 6.36. The first-order valence-electron chi connectivity index (χ1n) is 5.90. The molecule has 1 aliphatic rings. The molecule has 4 nitrogen and oxygen atoms in total. The topological polar surface area (TPSA) is 50.7 Å². The summed E-state index contributed by atoms with van der Waals surface area (Å²) in [5.74, 6) is 1.14. The summed E-state index contributed by atoms with van der Waals surface area (Å²) in [5, 5.41) is 4.17. The number of esters is 1. The summed E-state index contributed by atoms with van der Waals surface area (Å²) >= 11 is 1.66. The van der Waals surface area contributed by atoms with Crippen molar-refractivity contribution in [3.8, 4) is 0 Å². The Kier molecular flexibility index (Phi) is 4.86. The molecule has 1 rings (SSSR count). The fourth-order valence-electron chi connectivity index (χ4n) is 1.61. The lowest BCUT2D eigenvalue weighted by Gasteiger charge is -2.17. The van der Waals surface area contributed by atoms with Gasteiger partial charge in [0.15, 0.2) is 11.2 Å². The molecule has 0 amide bonds. The van der Waals surface area contributed by atoms with Crippen molar-refractivity contribution in [2.45, 2.75) is 45.7 Å². The zero-order chi connectivity index (χ0) is 13.1. The lowest BCUT2D eigenvalue weighted by atomic mass is 10.0. The molecule has 1 heterocycles. The van der Waals surface area contributed by atoms with E-state index in [1.807, 2.05) is 0 Å². The number of aliphatic imine (C=N–C) groups is 1. The van der Waals surface area contributed by atoms with Crippen LogP contribution in [0.15, 0.2) is 4.99 Å². The number of carbonyl (C=O) groups is 1.